The van der Waals surface area contributed by atoms with E-state index in [0.717, 1.165) is 12.0 Å². The van der Waals surface area contributed by atoms with Crippen LogP contribution in [0.15, 0.2) is 42.9 Å². The lowest BCUT2D eigenvalue weighted by Gasteiger charge is -2.10. The second kappa shape index (κ2) is 11.5. The summed E-state index contributed by atoms with van der Waals surface area (Å²) in [5.41, 5.74) is 3.40. The number of aromatic amines is 1. The number of aryl methyl sites for hydroxylation is 3. The Labute approximate surface area is 196 Å². The van der Waals surface area contributed by atoms with E-state index in [1.807, 2.05) is 32.2 Å². The monoisotopic (exact) mass is 461 g/mol. The summed E-state index contributed by atoms with van der Waals surface area (Å²) < 4.78 is 0. The van der Waals surface area contributed by atoms with Gasteiger partial charge in [0.05, 0.1) is 10.9 Å². The van der Waals surface area contributed by atoms with E-state index in [2.05, 4.69) is 35.6 Å². The zero-order valence-corrected chi connectivity index (χ0v) is 19.3. The molecule has 0 atom stereocenters. The quantitative estimate of drug-likeness (QED) is 0.228. The van der Waals surface area contributed by atoms with Crippen LogP contribution in [0.3, 0.4) is 0 Å². The van der Waals surface area contributed by atoms with E-state index < -0.39 is 5.97 Å². The number of aldehydes is 1. The molecule has 4 N–H and O–H groups in total. The number of pyridine rings is 2. The molecule has 0 bridgehead atoms. The van der Waals surface area contributed by atoms with Gasteiger partial charge in [0.1, 0.15) is 23.1 Å². The Bertz CT molecular complexity index is 1260. The average Bonchev–Trinajstić information content (AvgIpc) is 3.20. The molecule has 0 aliphatic carbocycles. The van der Waals surface area contributed by atoms with Crippen molar-refractivity contribution in [2.75, 3.05) is 23.7 Å². The second-order valence-electron chi connectivity index (χ2n) is 7.45. The van der Waals surface area contributed by atoms with Gasteiger partial charge in [-0.3, -0.25) is 9.78 Å². The van der Waals surface area contributed by atoms with Crippen molar-refractivity contribution in [1.29, 1.82) is 0 Å². The first-order valence-corrected chi connectivity index (χ1v) is 10.8. The van der Waals surface area contributed by atoms with Gasteiger partial charge in [-0.15, -0.1) is 0 Å². The number of rotatable bonds is 8. The zero-order chi connectivity index (χ0) is 24.5. The molecule has 0 amide bonds. The molecule has 10 heteroatoms. The number of H-pyrrole nitrogens is 1. The Balaban J connectivity index is 0.000000396. The molecular formula is C24H27N7O3. The highest BCUT2D eigenvalue weighted by Crippen LogP contribution is 2.26. The van der Waals surface area contributed by atoms with Crippen molar-refractivity contribution in [3.63, 3.8) is 0 Å². The van der Waals surface area contributed by atoms with Gasteiger partial charge in [-0.1, -0.05) is 13.0 Å². The van der Waals surface area contributed by atoms with E-state index in [-0.39, 0.29) is 5.56 Å². The van der Waals surface area contributed by atoms with Crippen molar-refractivity contribution in [2.24, 2.45) is 0 Å². The van der Waals surface area contributed by atoms with Crippen molar-refractivity contribution in [3.8, 4) is 0 Å². The van der Waals surface area contributed by atoms with Gasteiger partial charge in [-0.2, -0.15) is 0 Å². The number of hydrogen-bond donors (Lipinski definition) is 4. The summed E-state index contributed by atoms with van der Waals surface area (Å²) in [5.74, 6) is 0.772. The second-order valence-corrected chi connectivity index (χ2v) is 7.45. The summed E-state index contributed by atoms with van der Waals surface area (Å²) in [6.45, 7) is 6.85. The number of fused-ring (bicyclic) bond motifs is 1. The molecule has 0 saturated carbocycles. The van der Waals surface area contributed by atoms with Crippen LogP contribution in [0.1, 0.15) is 44.7 Å². The Morgan fingerprint density at radius 1 is 1.12 bits per heavy atom. The first-order valence-electron chi connectivity index (χ1n) is 10.8. The fourth-order valence-corrected chi connectivity index (χ4v) is 3.26. The van der Waals surface area contributed by atoms with Gasteiger partial charge in [0.2, 0.25) is 0 Å². The number of nitrogens with zero attached hydrogens (tertiary/aromatic N) is 4. The van der Waals surface area contributed by atoms with Gasteiger partial charge in [0, 0.05) is 42.9 Å². The normalized spacial score (nSPS) is 10.3. The fraction of sp³-hybridized carbons (Fsp3) is 0.250. The topological polar surface area (TPSA) is 146 Å². The summed E-state index contributed by atoms with van der Waals surface area (Å²) in [7, 11) is 0. The third-order valence-electron chi connectivity index (χ3n) is 4.90. The number of carbonyl (C=O) groups is 2. The van der Waals surface area contributed by atoms with Gasteiger partial charge in [-0.05, 0) is 44.0 Å². The summed E-state index contributed by atoms with van der Waals surface area (Å²) >= 11 is 0. The van der Waals surface area contributed by atoms with Gasteiger partial charge < -0.3 is 20.7 Å². The van der Waals surface area contributed by atoms with Gasteiger partial charge in [0.15, 0.2) is 6.29 Å². The molecule has 0 aliphatic rings. The third-order valence-corrected chi connectivity index (χ3v) is 4.90. The molecule has 34 heavy (non-hydrogen) atoms. The van der Waals surface area contributed by atoms with E-state index in [0.29, 0.717) is 53.6 Å². The standard InChI is InChI=1S/C18H20N6O3.C6H7N/c1-3-13-12(9-25)15-16(22-10(2)23-17(15)24-13)20-7-6-19-14-5-4-11(8-21-14)18(26)27;1-6-3-2-4-7-5-6/h4-5,8-9H,3,6-7H2,1-2H3,(H,19,21)(H,26,27)(H2,20,22,23,24);2-5H,1H3. The first-order chi connectivity index (χ1) is 16.4. The molecule has 0 unspecified atom stereocenters. The maximum absolute atomic E-state index is 11.5. The van der Waals surface area contributed by atoms with E-state index in [1.165, 1.54) is 17.8 Å². The average molecular weight is 462 g/mol. The Morgan fingerprint density at radius 3 is 2.47 bits per heavy atom. The van der Waals surface area contributed by atoms with Crippen LogP contribution >= 0.6 is 0 Å². The maximum Gasteiger partial charge on any atom is 0.337 e. The minimum Gasteiger partial charge on any atom is -0.478 e. The first kappa shape index (κ1) is 24.3. The summed E-state index contributed by atoms with van der Waals surface area (Å²) in [4.78, 5) is 42.3. The predicted molar refractivity (Wildman–Crippen MR) is 131 cm³/mol. The van der Waals surface area contributed by atoms with Crippen LogP contribution in [-0.4, -0.2) is 55.4 Å². The molecule has 10 nitrogen and oxygen atoms in total. The SMILES string of the molecule is CCc1[nH]c2nc(C)nc(NCCNc3ccc(C(=O)O)cn3)c2c1C=O.Cc1cccnc1. The number of carboxylic acids is 1. The largest absolute Gasteiger partial charge is 0.478 e. The number of aromatic nitrogens is 5. The van der Waals surface area contributed by atoms with Crippen molar-refractivity contribution in [3.05, 3.63) is 71.1 Å². The fourth-order valence-electron chi connectivity index (χ4n) is 3.26. The van der Waals surface area contributed by atoms with Crippen LogP contribution in [0.4, 0.5) is 11.6 Å². The number of hydrogen-bond acceptors (Lipinski definition) is 8. The molecule has 4 rings (SSSR count). The lowest BCUT2D eigenvalue weighted by molar-refractivity contribution is 0.0696. The lowest BCUT2D eigenvalue weighted by Crippen LogP contribution is -2.16. The molecule has 0 aromatic carbocycles. The highest BCUT2D eigenvalue weighted by Gasteiger charge is 2.16. The van der Waals surface area contributed by atoms with Crippen molar-refractivity contribution in [2.45, 2.75) is 27.2 Å². The molecule has 0 fully saturated rings. The van der Waals surface area contributed by atoms with Crippen molar-refractivity contribution >= 4 is 34.9 Å². The molecule has 4 heterocycles. The molecule has 176 valence electrons. The van der Waals surface area contributed by atoms with Gasteiger partial charge >= 0.3 is 5.97 Å². The van der Waals surface area contributed by atoms with Crippen molar-refractivity contribution in [1.82, 2.24) is 24.9 Å². The summed E-state index contributed by atoms with van der Waals surface area (Å²) in [6, 6.07) is 7.05. The number of carbonyl (C=O) groups excluding carboxylic acids is 1. The number of aromatic carboxylic acids is 1. The number of anilines is 2. The molecule has 0 radical (unpaired) electrons. The van der Waals surface area contributed by atoms with Crippen LogP contribution in [0.2, 0.25) is 0 Å². The minimum atomic E-state index is -1.01. The van der Waals surface area contributed by atoms with Crippen molar-refractivity contribution < 1.29 is 14.7 Å². The molecule has 4 aromatic heterocycles. The summed E-state index contributed by atoms with van der Waals surface area (Å²) in [5, 5.41) is 15.9. The Kier molecular flexibility index (Phi) is 8.22. The smallest absolute Gasteiger partial charge is 0.337 e. The van der Waals surface area contributed by atoms with E-state index >= 15 is 0 Å². The van der Waals surface area contributed by atoms with Crippen LogP contribution in [0, 0.1) is 13.8 Å². The minimum absolute atomic E-state index is 0.137. The Morgan fingerprint density at radius 2 is 1.91 bits per heavy atom. The van der Waals surface area contributed by atoms with E-state index in [1.54, 1.807) is 19.2 Å². The van der Waals surface area contributed by atoms with Crippen LogP contribution in [0.25, 0.3) is 11.0 Å². The number of carboxylic acid groups (broad SMARTS) is 1. The van der Waals surface area contributed by atoms with Gasteiger partial charge in [-0.25, -0.2) is 19.7 Å². The highest BCUT2D eigenvalue weighted by molar-refractivity contribution is 6.03. The zero-order valence-electron chi connectivity index (χ0n) is 19.3. The molecule has 0 aliphatic heterocycles. The predicted octanol–water partition coefficient (Wildman–Crippen LogP) is 3.65. The highest BCUT2D eigenvalue weighted by atomic mass is 16.4. The Hall–Kier alpha value is -4.34. The van der Waals surface area contributed by atoms with Crippen LogP contribution < -0.4 is 10.6 Å². The molecule has 4 aromatic rings. The third kappa shape index (κ3) is 6.12. The van der Waals surface area contributed by atoms with Crippen LogP contribution in [0.5, 0.6) is 0 Å². The van der Waals surface area contributed by atoms with Crippen LogP contribution in [-0.2, 0) is 6.42 Å². The summed E-state index contributed by atoms with van der Waals surface area (Å²) in [6.07, 6.45) is 6.43. The van der Waals surface area contributed by atoms with E-state index in [4.69, 9.17) is 5.11 Å². The number of nitrogens with one attached hydrogen (secondary N) is 3. The molecule has 0 saturated heterocycles. The van der Waals surface area contributed by atoms with E-state index in [9.17, 15) is 9.59 Å². The van der Waals surface area contributed by atoms with Gasteiger partial charge in [0.25, 0.3) is 0 Å². The molecular weight excluding hydrogens is 434 g/mol. The maximum atomic E-state index is 11.5. The lowest BCUT2D eigenvalue weighted by atomic mass is 10.1. The molecule has 0 spiro atoms.